The molecular weight excluding hydrogens is 430 g/mol. The van der Waals surface area contributed by atoms with E-state index in [0.29, 0.717) is 13.1 Å². The smallest absolute Gasteiger partial charge is 0.172 e. The molecule has 0 N–H and O–H groups in total. The van der Waals surface area contributed by atoms with Crippen molar-refractivity contribution in [1.82, 2.24) is 34.1 Å². The zero-order chi connectivity index (χ0) is 17.8. The number of hydrogen-bond donors (Lipinski definition) is 0. The van der Waals surface area contributed by atoms with Crippen molar-refractivity contribution >= 4 is 28.3 Å². The summed E-state index contributed by atoms with van der Waals surface area (Å²) in [7, 11) is 0. The van der Waals surface area contributed by atoms with Crippen LogP contribution in [0.3, 0.4) is 0 Å². The van der Waals surface area contributed by atoms with Gasteiger partial charge >= 0.3 is 0 Å². The summed E-state index contributed by atoms with van der Waals surface area (Å²) in [5.74, 6) is 1.61. The molecule has 27 heavy (non-hydrogen) atoms. The fraction of sp³-hybridized carbons (Fsp3) is 0.222. The first kappa shape index (κ1) is 17.9. The summed E-state index contributed by atoms with van der Waals surface area (Å²) in [6.07, 6.45) is 3.82. The van der Waals surface area contributed by atoms with Crippen LogP contribution in [0.4, 0.5) is 0 Å². The van der Waals surface area contributed by atoms with E-state index in [1.807, 2.05) is 47.9 Å². The highest BCUT2D eigenvalue weighted by atomic mass is 79.9. The highest BCUT2D eigenvalue weighted by molar-refractivity contribution is 9.10. The maximum absolute atomic E-state index is 4.83. The van der Waals surface area contributed by atoms with Gasteiger partial charge in [0.05, 0.1) is 35.6 Å². The Bertz CT molecular complexity index is 1140. The van der Waals surface area contributed by atoms with Gasteiger partial charge in [-0.05, 0) is 38.1 Å². The van der Waals surface area contributed by atoms with Gasteiger partial charge in [-0.1, -0.05) is 15.9 Å². The molecule has 138 valence electrons. The number of halogens is 2. The van der Waals surface area contributed by atoms with Crippen molar-refractivity contribution in [3.8, 4) is 17.1 Å². The Morgan fingerprint density at radius 3 is 2.78 bits per heavy atom. The zero-order valence-electron chi connectivity index (χ0n) is 14.8. The molecule has 0 bridgehead atoms. The molecule has 3 aromatic heterocycles. The number of rotatable bonds is 2. The van der Waals surface area contributed by atoms with E-state index in [1.54, 1.807) is 0 Å². The maximum Gasteiger partial charge on any atom is 0.172 e. The van der Waals surface area contributed by atoms with Crippen molar-refractivity contribution in [2.75, 3.05) is 0 Å². The van der Waals surface area contributed by atoms with Crippen LogP contribution >= 0.6 is 28.3 Å². The summed E-state index contributed by atoms with van der Waals surface area (Å²) in [6, 6.07) is 8.19. The van der Waals surface area contributed by atoms with Gasteiger partial charge in [-0.2, -0.15) is 10.2 Å². The van der Waals surface area contributed by atoms with Gasteiger partial charge in [0, 0.05) is 16.2 Å². The second-order valence-corrected chi connectivity index (χ2v) is 7.39. The van der Waals surface area contributed by atoms with E-state index in [2.05, 4.69) is 42.7 Å². The molecule has 1 aromatic carbocycles. The molecule has 5 rings (SSSR count). The summed E-state index contributed by atoms with van der Waals surface area (Å²) in [6.45, 7) is 5.19. The molecule has 0 spiro atoms. The molecule has 1 aliphatic rings. The van der Waals surface area contributed by atoms with Crippen LogP contribution in [0.15, 0.2) is 41.3 Å². The molecule has 0 fully saturated rings. The Kier molecular flexibility index (Phi) is 4.39. The maximum atomic E-state index is 4.83. The minimum atomic E-state index is 0. The molecule has 0 radical (unpaired) electrons. The van der Waals surface area contributed by atoms with E-state index >= 15 is 0 Å². The lowest BCUT2D eigenvalue weighted by molar-refractivity contribution is 0.618. The highest BCUT2D eigenvalue weighted by Crippen LogP contribution is 2.33. The minimum Gasteiger partial charge on any atom is -0.300 e. The highest BCUT2D eigenvalue weighted by Gasteiger charge is 2.24. The van der Waals surface area contributed by atoms with Crippen molar-refractivity contribution in [2.45, 2.75) is 26.9 Å². The van der Waals surface area contributed by atoms with Crippen LogP contribution in [-0.2, 0) is 13.1 Å². The summed E-state index contributed by atoms with van der Waals surface area (Å²) < 4.78 is 6.96. The van der Waals surface area contributed by atoms with Crippen molar-refractivity contribution in [3.63, 3.8) is 0 Å². The van der Waals surface area contributed by atoms with Gasteiger partial charge in [0.25, 0.3) is 0 Å². The SMILES string of the molecule is Cc1ccn(Cc2nc3n(n2)Cc2c(C)ncn2-c2ccc(Br)cc2-3)n1.Cl. The Labute approximate surface area is 170 Å². The van der Waals surface area contributed by atoms with E-state index < -0.39 is 0 Å². The second-order valence-electron chi connectivity index (χ2n) is 6.47. The molecule has 4 aromatic rings. The van der Waals surface area contributed by atoms with E-state index in [-0.39, 0.29) is 12.4 Å². The molecule has 0 saturated carbocycles. The number of aromatic nitrogens is 7. The molecule has 0 saturated heterocycles. The summed E-state index contributed by atoms with van der Waals surface area (Å²) >= 11 is 3.58. The van der Waals surface area contributed by atoms with Crippen LogP contribution in [0.1, 0.15) is 22.9 Å². The topological polar surface area (TPSA) is 66.3 Å². The summed E-state index contributed by atoms with van der Waals surface area (Å²) in [5.41, 5.74) is 5.21. The van der Waals surface area contributed by atoms with Crippen LogP contribution in [-0.4, -0.2) is 34.1 Å². The van der Waals surface area contributed by atoms with Crippen molar-refractivity contribution < 1.29 is 0 Å². The Balaban J connectivity index is 0.00000180. The largest absolute Gasteiger partial charge is 0.300 e. The first-order chi connectivity index (χ1) is 12.6. The zero-order valence-corrected chi connectivity index (χ0v) is 17.2. The Morgan fingerprint density at radius 2 is 2.00 bits per heavy atom. The van der Waals surface area contributed by atoms with Gasteiger partial charge in [-0.3, -0.25) is 4.68 Å². The summed E-state index contributed by atoms with van der Waals surface area (Å²) in [5, 5.41) is 9.19. The first-order valence-electron chi connectivity index (χ1n) is 8.35. The lowest BCUT2D eigenvalue weighted by Gasteiger charge is -2.08. The van der Waals surface area contributed by atoms with Crippen molar-refractivity contribution in [3.05, 3.63) is 64.2 Å². The first-order valence-corrected chi connectivity index (χ1v) is 9.15. The van der Waals surface area contributed by atoms with Crippen molar-refractivity contribution in [2.24, 2.45) is 0 Å². The number of benzene rings is 1. The Morgan fingerprint density at radius 1 is 1.15 bits per heavy atom. The predicted molar refractivity (Wildman–Crippen MR) is 107 cm³/mol. The lowest BCUT2D eigenvalue weighted by Crippen LogP contribution is -2.07. The number of aryl methyl sites for hydroxylation is 2. The van der Waals surface area contributed by atoms with E-state index in [0.717, 1.165) is 44.5 Å². The Hall–Kier alpha value is -2.45. The third-order valence-corrected chi connectivity index (χ3v) is 5.12. The van der Waals surface area contributed by atoms with Crippen LogP contribution in [0.2, 0.25) is 0 Å². The molecule has 4 heterocycles. The van der Waals surface area contributed by atoms with E-state index in [9.17, 15) is 0 Å². The number of nitrogens with zero attached hydrogens (tertiary/aromatic N) is 7. The van der Waals surface area contributed by atoms with Gasteiger partial charge < -0.3 is 4.57 Å². The average Bonchev–Trinajstić information content (AvgIpc) is 3.28. The van der Waals surface area contributed by atoms with Crippen LogP contribution < -0.4 is 0 Å². The molecule has 7 nitrogen and oxygen atoms in total. The molecule has 0 unspecified atom stereocenters. The third-order valence-electron chi connectivity index (χ3n) is 4.63. The molecule has 0 aliphatic carbocycles. The quantitative estimate of drug-likeness (QED) is 0.416. The average molecular weight is 447 g/mol. The molecular formula is C18H17BrClN7. The third kappa shape index (κ3) is 2.98. The minimum absolute atomic E-state index is 0. The van der Waals surface area contributed by atoms with E-state index in [4.69, 9.17) is 10.1 Å². The van der Waals surface area contributed by atoms with Gasteiger partial charge in [-0.15, -0.1) is 12.4 Å². The molecule has 0 amide bonds. The second kappa shape index (κ2) is 6.61. The number of imidazole rings is 1. The van der Waals surface area contributed by atoms with Crippen molar-refractivity contribution in [1.29, 1.82) is 0 Å². The molecule has 0 atom stereocenters. The van der Waals surface area contributed by atoms with Crippen LogP contribution in [0.5, 0.6) is 0 Å². The van der Waals surface area contributed by atoms with Gasteiger partial charge in [-0.25, -0.2) is 14.6 Å². The number of fused-ring (bicyclic) bond motifs is 5. The van der Waals surface area contributed by atoms with Gasteiger partial charge in [0.15, 0.2) is 11.6 Å². The van der Waals surface area contributed by atoms with Gasteiger partial charge in [0.1, 0.15) is 6.54 Å². The lowest BCUT2D eigenvalue weighted by atomic mass is 10.1. The fourth-order valence-corrected chi connectivity index (χ4v) is 3.72. The monoisotopic (exact) mass is 445 g/mol. The van der Waals surface area contributed by atoms with Crippen LogP contribution in [0.25, 0.3) is 17.1 Å². The fourth-order valence-electron chi connectivity index (χ4n) is 3.36. The normalized spacial score (nSPS) is 12.0. The summed E-state index contributed by atoms with van der Waals surface area (Å²) in [4.78, 5) is 9.31. The van der Waals surface area contributed by atoms with Crippen LogP contribution in [0, 0.1) is 13.8 Å². The predicted octanol–water partition coefficient (Wildman–Crippen LogP) is 3.54. The van der Waals surface area contributed by atoms with E-state index in [1.165, 1.54) is 0 Å². The molecule has 1 aliphatic heterocycles. The standard InChI is InChI=1S/C18H16BrN7.ClH/c1-11-5-6-24(22-11)9-17-21-18-14-7-13(19)3-4-15(14)25-10-20-12(2)16(25)8-26(18)23-17;/h3-7,10H,8-9H2,1-2H3;1H. The van der Waals surface area contributed by atoms with Gasteiger partial charge in [0.2, 0.25) is 0 Å². The number of hydrogen-bond acceptors (Lipinski definition) is 4. The molecule has 9 heteroatoms.